The SMILES string of the molecule is CCCO[C@@H]1[C@H]2[C@H](OC(=O)C(C)C)[C@@H](OC(=O)c3ccccc3)[C@]3(COC(=O)C(C)C)[C@@H](OC(C)=O)[C@@H](OC(C)=O)C[C@](C)(O)[C@@]13OC2(C)C. The summed E-state index contributed by atoms with van der Waals surface area (Å²) < 4.78 is 44.2. The molecule has 0 amide bonds. The monoisotopic (exact) mass is 704 g/mol. The number of hydrogen-bond donors (Lipinski definition) is 1. The first-order valence-corrected chi connectivity index (χ1v) is 17.3. The van der Waals surface area contributed by atoms with E-state index in [0.717, 1.165) is 13.8 Å². The van der Waals surface area contributed by atoms with Crippen LogP contribution in [0.25, 0.3) is 0 Å². The highest BCUT2D eigenvalue weighted by atomic mass is 16.6. The molecule has 2 saturated carbocycles. The minimum Gasteiger partial charge on any atom is -0.464 e. The van der Waals surface area contributed by atoms with E-state index in [-0.39, 0.29) is 18.6 Å². The highest BCUT2D eigenvalue weighted by molar-refractivity contribution is 5.89. The Morgan fingerprint density at radius 1 is 0.840 bits per heavy atom. The summed E-state index contributed by atoms with van der Waals surface area (Å²) in [5.41, 5.74) is -7.21. The first-order chi connectivity index (χ1) is 23.3. The second-order valence-electron chi connectivity index (χ2n) is 15.0. The fourth-order valence-electron chi connectivity index (χ4n) is 8.16. The van der Waals surface area contributed by atoms with E-state index in [0.29, 0.717) is 6.42 Å². The molecule has 0 radical (unpaired) electrons. The van der Waals surface area contributed by atoms with Crippen LogP contribution in [0.3, 0.4) is 0 Å². The zero-order valence-corrected chi connectivity index (χ0v) is 30.7. The Kier molecular flexibility index (Phi) is 11.5. The van der Waals surface area contributed by atoms with Crippen LogP contribution in [0.15, 0.2) is 30.3 Å². The first kappa shape index (κ1) is 39.2. The van der Waals surface area contributed by atoms with E-state index in [1.807, 2.05) is 6.92 Å². The van der Waals surface area contributed by atoms with E-state index in [2.05, 4.69) is 0 Å². The van der Waals surface area contributed by atoms with Gasteiger partial charge in [0.2, 0.25) is 0 Å². The highest BCUT2D eigenvalue weighted by Gasteiger charge is 2.88. The highest BCUT2D eigenvalue weighted by Crippen LogP contribution is 2.69. The normalized spacial score (nSPS) is 34.0. The molecule has 3 fully saturated rings. The predicted octanol–water partition coefficient (Wildman–Crippen LogP) is 3.96. The third-order valence-corrected chi connectivity index (χ3v) is 10.1. The number of fused-ring (bicyclic) bond motifs is 1. The van der Waals surface area contributed by atoms with Crippen molar-refractivity contribution < 1.29 is 62.2 Å². The maximum atomic E-state index is 14.1. The number of carbonyl (C=O) groups is 5. The van der Waals surface area contributed by atoms with Crippen molar-refractivity contribution in [3.05, 3.63) is 35.9 Å². The summed E-state index contributed by atoms with van der Waals surface area (Å²) in [4.78, 5) is 66.8. The molecule has 1 saturated heterocycles. The van der Waals surface area contributed by atoms with Gasteiger partial charge in [0.25, 0.3) is 0 Å². The Balaban J connectivity index is 2.18. The van der Waals surface area contributed by atoms with Crippen molar-refractivity contribution in [3.8, 4) is 0 Å². The third-order valence-electron chi connectivity index (χ3n) is 10.1. The molecule has 1 aromatic carbocycles. The fraction of sp³-hybridized carbons (Fsp3) is 0.703. The zero-order chi connectivity index (χ0) is 37.4. The molecule has 1 spiro atoms. The van der Waals surface area contributed by atoms with Crippen LogP contribution in [0, 0.1) is 23.2 Å². The van der Waals surface area contributed by atoms with E-state index in [9.17, 15) is 29.1 Å². The van der Waals surface area contributed by atoms with Crippen LogP contribution in [-0.2, 0) is 52.3 Å². The van der Waals surface area contributed by atoms with Crippen molar-refractivity contribution in [1.82, 2.24) is 0 Å². The second kappa shape index (κ2) is 14.6. The summed E-state index contributed by atoms with van der Waals surface area (Å²) in [6.07, 6.45) is -6.82. The molecular formula is C37H52O13. The average molecular weight is 705 g/mol. The molecule has 13 nitrogen and oxygen atoms in total. The van der Waals surface area contributed by atoms with Crippen LogP contribution in [0.2, 0.25) is 0 Å². The lowest BCUT2D eigenvalue weighted by molar-refractivity contribution is -0.366. The van der Waals surface area contributed by atoms with Crippen molar-refractivity contribution in [1.29, 1.82) is 0 Å². The van der Waals surface area contributed by atoms with Crippen molar-refractivity contribution >= 4 is 29.8 Å². The first-order valence-electron chi connectivity index (χ1n) is 17.3. The van der Waals surface area contributed by atoms with Gasteiger partial charge in [0, 0.05) is 26.9 Å². The van der Waals surface area contributed by atoms with Gasteiger partial charge in [-0.2, -0.15) is 0 Å². The van der Waals surface area contributed by atoms with Gasteiger partial charge in [-0.25, -0.2) is 4.79 Å². The van der Waals surface area contributed by atoms with Crippen LogP contribution < -0.4 is 0 Å². The summed E-state index contributed by atoms with van der Waals surface area (Å²) >= 11 is 0. The van der Waals surface area contributed by atoms with Crippen molar-refractivity contribution in [2.75, 3.05) is 13.2 Å². The Hall–Kier alpha value is -3.55. The molecule has 9 atom stereocenters. The van der Waals surface area contributed by atoms with Crippen LogP contribution in [0.4, 0.5) is 0 Å². The summed E-state index contributed by atoms with van der Waals surface area (Å²) in [7, 11) is 0. The minimum atomic E-state index is -2.11. The van der Waals surface area contributed by atoms with Crippen molar-refractivity contribution in [2.45, 2.75) is 129 Å². The quantitative estimate of drug-likeness (QED) is 0.245. The van der Waals surface area contributed by atoms with Crippen LogP contribution >= 0.6 is 0 Å². The van der Waals surface area contributed by atoms with E-state index >= 15 is 0 Å². The van der Waals surface area contributed by atoms with Crippen molar-refractivity contribution in [2.24, 2.45) is 23.2 Å². The van der Waals surface area contributed by atoms with Crippen LogP contribution in [0.5, 0.6) is 0 Å². The maximum Gasteiger partial charge on any atom is 0.338 e. The van der Waals surface area contributed by atoms with Gasteiger partial charge < -0.3 is 38.3 Å². The van der Waals surface area contributed by atoms with Gasteiger partial charge in [-0.05, 0) is 39.3 Å². The number of hydrogen-bond acceptors (Lipinski definition) is 13. The van der Waals surface area contributed by atoms with E-state index in [1.54, 1.807) is 59.7 Å². The number of rotatable bonds is 12. The maximum absolute atomic E-state index is 14.1. The van der Waals surface area contributed by atoms with Gasteiger partial charge in [-0.3, -0.25) is 19.2 Å². The molecule has 0 aromatic heterocycles. The standard InChI is InChI=1S/C37H52O13/c1-11-17-44-29-26-27(48-32(41)21(4)5)30(49-33(42)24-15-13-12-14-16-24)36(19-45-31(40)20(2)3)28(47-23(7)39)25(46-22(6)38)18-35(10,43)37(29,36)50-34(26,8)9/h12-16,20-21,25-30,43H,11,17-19H2,1-10H3/t25-,26+,27-,28-,29+,30+,35-,36-,37-/m0/s1. The molecule has 2 bridgehead atoms. The number of benzene rings is 1. The average Bonchev–Trinajstić information content (AvgIpc) is 3.23. The number of esters is 5. The van der Waals surface area contributed by atoms with E-state index < -0.39 is 107 Å². The molecule has 4 rings (SSSR count). The number of ether oxygens (including phenoxy) is 7. The third kappa shape index (κ3) is 6.76. The summed E-state index contributed by atoms with van der Waals surface area (Å²) in [5, 5.41) is 12.8. The molecular weight excluding hydrogens is 652 g/mol. The number of aliphatic hydroxyl groups is 1. The van der Waals surface area contributed by atoms with Gasteiger partial charge in [0.1, 0.15) is 29.8 Å². The van der Waals surface area contributed by atoms with Gasteiger partial charge in [-0.1, -0.05) is 52.8 Å². The fourth-order valence-corrected chi connectivity index (χ4v) is 8.16. The second-order valence-corrected chi connectivity index (χ2v) is 15.0. The largest absolute Gasteiger partial charge is 0.464 e. The zero-order valence-electron chi connectivity index (χ0n) is 30.7. The Bertz CT molecular complexity index is 1440. The predicted molar refractivity (Wildman–Crippen MR) is 176 cm³/mol. The van der Waals surface area contributed by atoms with Gasteiger partial charge >= 0.3 is 29.8 Å². The molecule has 50 heavy (non-hydrogen) atoms. The molecule has 13 heteroatoms. The Morgan fingerprint density at radius 3 is 1.98 bits per heavy atom. The lowest BCUT2D eigenvalue weighted by Gasteiger charge is -2.66. The summed E-state index contributed by atoms with van der Waals surface area (Å²) in [6.45, 7) is 15.2. The lowest BCUT2D eigenvalue weighted by atomic mass is 9.45. The molecule has 1 aromatic rings. The van der Waals surface area contributed by atoms with Gasteiger partial charge in [-0.15, -0.1) is 0 Å². The smallest absolute Gasteiger partial charge is 0.338 e. The van der Waals surface area contributed by atoms with Gasteiger partial charge in [0.05, 0.1) is 40.6 Å². The molecule has 2 aliphatic carbocycles. The van der Waals surface area contributed by atoms with E-state index in [4.69, 9.17) is 33.2 Å². The molecule has 1 heterocycles. The molecule has 3 aliphatic rings. The lowest BCUT2D eigenvalue weighted by Crippen LogP contribution is -2.85. The Labute approximate surface area is 293 Å². The Morgan fingerprint density at radius 2 is 1.44 bits per heavy atom. The van der Waals surface area contributed by atoms with E-state index in [1.165, 1.54) is 19.1 Å². The number of carbonyl (C=O) groups excluding carboxylic acids is 5. The summed E-state index contributed by atoms with van der Waals surface area (Å²) in [5.74, 6) is -5.86. The van der Waals surface area contributed by atoms with Crippen LogP contribution in [0.1, 0.15) is 92.4 Å². The minimum absolute atomic E-state index is 0.143. The van der Waals surface area contributed by atoms with Crippen molar-refractivity contribution in [3.63, 3.8) is 0 Å². The molecule has 278 valence electrons. The van der Waals surface area contributed by atoms with Crippen LogP contribution in [-0.4, -0.2) is 95.5 Å². The molecule has 0 unspecified atom stereocenters. The van der Waals surface area contributed by atoms with Gasteiger partial charge in [0.15, 0.2) is 12.2 Å². The molecule has 1 N–H and O–H groups in total. The summed E-state index contributed by atoms with van der Waals surface area (Å²) in [6, 6.07) is 8.07. The molecule has 1 aliphatic heterocycles. The topological polar surface area (TPSA) is 170 Å².